The summed E-state index contributed by atoms with van der Waals surface area (Å²) >= 11 is 0. The predicted molar refractivity (Wildman–Crippen MR) is 122 cm³/mol. The van der Waals surface area contributed by atoms with E-state index in [1.165, 1.54) is 5.56 Å². The lowest BCUT2D eigenvalue weighted by atomic mass is 10.1. The van der Waals surface area contributed by atoms with Gasteiger partial charge in [-0.15, -0.1) is 24.0 Å². The topological polar surface area (TPSA) is 64.1 Å². The van der Waals surface area contributed by atoms with Crippen molar-refractivity contribution in [3.8, 4) is 5.75 Å². The lowest BCUT2D eigenvalue weighted by Gasteiger charge is -2.16. The number of rotatable bonds is 12. The average Bonchev–Trinajstić information content (AvgIpc) is 2.62. The van der Waals surface area contributed by atoms with E-state index in [4.69, 9.17) is 14.2 Å². The van der Waals surface area contributed by atoms with Gasteiger partial charge in [-0.1, -0.05) is 12.1 Å². The number of aliphatic imine (C=N–C) groups is 1. The van der Waals surface area contributed by atoms with Crippen LogP contribution in [0, 0.1) is 6.92 Å². The second-order valence-electron chi connectivity index (χ2n) is 6.43. The highest BCUT2D eigenvalue weighted by atomic mass is 127. The van der Waals surface area contributed by atoms with E-state index in [9.17, 15) is 0 Å². The maximum Gasteiger partial charge on any atom is 0.191 e. The number of nitrogens with one attached hydrogen (secondary N) is 2. The summed E-state index contributed by atoms with van der Waals surface area (Å²) in [7, 11) is 3.48. The van der Waals surface area contributed by atoms with Crippen molar-refractivity contribution in [3.05, 3.63) is 29.3 Å². The van der Waals surface area contributed by atoms with Crippen LogP contribution in [0.5, 0.6) is 5.75 Å². The number of guanidine groups is 1. The number of aryl methyl sites for hydroxylation is 1. The molecule has 156 valence electrons. The molecule has 0 saturated heterocycles. The van der Waals surface area contributed by atoms with Gasteiger partial charge in [0.25, 0.3) is 0 Å². The number of ether oxygens (including phenoxy) is 3. The monoisotopic (exact) mass is 493 g/mol. The largest absolute Gasteiger partial charge is 0.493 e. The van der Waals surface area contributed by atoms with Gasteiger partial charge in [-0.25, -0.2) is 0 Å². The van der Waals surface area contributed by atoms with Gasteiger partial charge in [-0.05, 0) is 38.8 Å². The number of halogens is 1. The lowest BCUT2D eigenvalue weighted by Crippen LogP contribution is -2.37. The van der Waals surface area contributed by atoms with Crippen LogP contribution in [0.1, 0.15) is 37.8 Å². The van der Waals surface area contributed by atoms with Crippen molar-refractivity contribution in [3.63, 3.8) is 0 Å². The van der Waals surface area contributed by atoms with Crippen LogP contribution >= 0.6 is 24.0 Å². The zero-order valence-corrected chi connectivity index (χ0v) is 19.7. The van der Waals surface area contributed by atoms with Gasteiger partial charge in [-0.3, -0.25) is 4.99 Å². The summed E-state index contributed by atoms with van der Waals surface area (Å²) in [6, 6.07) is 6.26. The fraction of sp³-hybridized carbons (Fsp3) is 0.650. The van der Waals surface area contributed by atoms with Crippen molar-refractivity contribution in [1.82, 2.24) is 10.6 Å². The molecule has 0 amide bonds. The number of methoxy groups -OCH3 is 1. The van der Waals surface area contributed by atoms with Crippen LogP contribution < -0.4 is 15.4 Å². The summed E-state index contributed by atoms with van der Waals surface area (Å²) in [5.41, 5.74) is 2.29. The Kier molecular flexibility index (Phi) is 15.3. The Hall–Kier alpha value is -1.06. The minimum Gasteiger partial charge on any atom is -0.493 e. The first-order valence-electron chi connectivity index (χ1n) is 9.34. The lowest BCUT2D eigenvalue weighted by molar-refractivity contribution is 0.0776. The van der Waals surface area contributed by atoms with Gasteiger partial charge in [0.05, 0.1) is 12.7 Å². The van der Waals surface area contributed by atoms with Crippen molar-refractivity contribution < 1.29 is 14.2 Å². The third-order valence-corrected chi connectivity index (χ3v) is 3.71. The molecular weight excluding hydrogens is 457 g/mol. The van der Waals surface area contributed by atoms with Gasteiger partial charge in [0.1, 0.15) is 5.75 Å². The predicted octanol–water partition coefficient (Wildman–Crippen LogP) is 3.51. The van der Waals surface area contributed by atoms with E-state index in [1.807, 2.05) is 13.8 Å². The van der Waals surface area contributed by atoms with Gasteiger partial charge < -0.3 is 24.8 Å². The normalized spacial score (nSPS) is 11.3. The second kappa shape index (κ2) is 15.9. The van der Waals surface area contributed by atoms with Crippen LogP contribution in [-0.2, 0) is 16.0 Å². The Labute approximate surface area is 181 Å². The van der Waals surface area contributed by atoms with E-state index in [2.05, 4.69) is 40.7 Å². The summed E-state index contributed by atoms with van der Waals surface area (Å²) in [6.45, 7) is 9.74. The van der Waals surface area contributed by atoms with Gasteiger partial charge >= 0.3 is 0 Å². The van der Waals surface area contributed by atoms with Crippen LogP contribution in [-0.4, -0.2) is 52.6 Å². The van der Waals surface area contributed by atoms with Crippen molar-refractivity contribution in [2.75, 3.05) is 40.5 Å². The Morgan fingerprint density at radius 3 is 2.56 bits per heavy atom. The molecule has 0 aromatic heterocycles. The van der Waals surface area contributed by atoms with E-state index in [1.54, 1.807) is 14.2 Å². The molecule has 0 radical (unpaired) electrons. The maximum atomic E-state index is 5.92. The highest BCUT2D eigenvalue weighted by Crippen LogP contribution is 2.20. The molecule has 2 N–H and O–H groups in total. The minimum absolute atomic E-state index is 0. The number of hydrogen-bond donors (Lipinski definition) is 2. The fourth-order valence-corrected chi connectivity index (χ4v) is 2.33. The van der Waals surface area contributed by atoms with Gasteiger partial charge in [0.2, 0.25) is 0 Å². The molecule has 7 heteroatoms. The van der Waals surface area contributed by atoms with Gasteiger partial charge in [0, 0.05) is 52.4 Å². The first kappa shape index (κ1) is 25.9. The van der Waals surface area contributed by atoms with Crippen molar-refractivity contribution in [2.45, 2.75) is 46.3 Å². The number of hydrogen-bond acceptors (Lipinski definition) is 4. The molecule has 1 rings (SSSR count). The summed E-state index contributed by atoms with van der Waals surface area (Å²) in [4.78, 5) is 4.27. The van der Waals surface area contributed by atoms with E-state index in [-0.39, 0.29) is 30.1 Å². The molecule has 0 unspecified atom stereocenters. The summed E-state index contributed by atoms with van der Waals surface area (Å²) in [5.74, 6) is 1.69. The van der Waals surface area contributed by atoms with Crippen molar-refractivity contribution >= 4 is 29.9 Å². The smallest absolute Gasteiger partial charge is 0.191 e. The van der Waals surface area contributed by atoms with E-state index in [0.29, 0.717) is 19.8 Å². The molecule has 0 heterocycles. The van der Waals surface area contributed by atoms with Crippen molar-refractivity contribution in [2.24, 2.45) is 4.99 Å². The molecule has 1 aromatic carbocycles. The maximum absolute atomic E-state index is 5.92. The Morgan fingerprint density at radius 1 is 1.11 bits per heavy atom. The van der Waals surface area contributed by atoms with E-state index >= 15 is 0 Å². The van der Waals surface area contributed by atoms with Crippen LogP contribution in [0.2, 0.25) is 0 Å². The molecule has 0 spiro atoms. The average molecular weight is 493 g/mol. The fourth-order valence-electron chi connectivity index (χ4n) is 2.33. The molecule has 0 aliphatic rings. The molecule has 1 aromatic rings. The molecule has 6 nitrogen and oxygen atoms in total. The highest BCUT2D eigenvalue weighted by molar-refractivity contribution is 14.0. The van der Waals surface area contributed by atoms with Crippen LogP contribution in [0.4, 0.5) is 0 Å². The molecule has 0 bridgehead atoms. The van der Waals surface area contributed by atoms with E-state index < -0.39 is 0 Å². The molecule has 27 heavy (non-hydrogen) atoms. The van der Waals surface area contributed by atoms with Crippen LogP contribution in [0.15, 0.2) is 23.2 Å². The molecule has 0 aliphatic carbocycles. The van der Waals surface area contributed by atoms with Crippen LogP contribution in [0.3, 0.4) is 0 Å². The molecule has 0 fully saturated rings. The number of benzene rings is 1. The first-order chi connectivity index (χ1) is 12.6. The highest BCUT2D eigenvalue weighted by Gasteiger charge is 2.06. The zero-order chi connectivity index (χ0) is 19.2. The third kappa shape index (κ3) is 12.1. The minimum atomic E-state index is 0. The van der Waals surface area contributed by atoms with Crippen LogP contribution in [0.25, 0.3) is 0 Å². The standard InChI is InChI=1S/C20H35N3O3.HI/c1-16(2)25-12-6-10-22-20(21-4)23-15-18-9-8-17(3)14-19(18)26-13-7-11-24-5;/h8-9,14,16H,6-7,10-13,15H2,1-5H3,(H2,21,22,23);1H. The van der Waals surface area contributed by atoms with E-state index in [0.717, 1.165) is 43.3 Å². The van der Waals surface area contributed by atoms with Gasteiger partial charge in [0.15, 0.2) is 5.96 Å². The Balaban J connectivity index is 0.00000676. The van der Waals surface area contributed by atoms with Crippen molar-refractivity contribution in [1.29, 1.82) is 0 Å². The molecule has 0 atom stereocenters. The number of nitrogens with zero attached hydrogens (tertiary/aromatic N) is 1. The Bertz CT molecular complexity index is 539. The quantitative estimate of drug-likeness (QED) is 0.202. The summed E-state index contributed by atoms with van der Waals surface area (Å²) in [6.07, 6.45) is 2.09. The Morgan fingerprint density at radius 2 is 1.89 bits per heavy atom. The summed E-state index contributed by atoms with van der Waals surface area (Å²) in [5, 5.41) is 6.65. The SMILES string of the molecule is CN=C(NCCCOC(C)C)NCc1ccc(C)cc1OCCCOC.I. The first-order valence-corrected chi connectivity index (χ1v) is 9.34. The molecular formula is C20H36IN3O3. The second-order valence-corrected chi connectivity index (χ2v) is 6.43. The third-order valence-electron chi connectivity index (χ3n) is 3.71. The molecule has 0 saturated carbocycles. The zero-order valence-electron chi connectivity index (χ0n) is 17.3. The molecule has 0 aliphatic heterocycles. The van der Waals surface area contributed by atoms with Gasteiger partial charge in [-0.2, -0.15) is 0 Å². The summed E-state index contributed by atoms with van der Waals surface area (Å²) < 4.78 is 16.5.